The maximum absolute atomic E-state index is 13.8. The van der Waals surface area contributed by atoms with Gasteiger partial charge >= 0.3 is 0 Å². The van der Waals surface area contributed by atoms with E-state index in [1.54, 1.807) is 16.9 Å². The minimum Gasteiger partial charge on any atom is -0.385 e. The van der Waals surface area contributed by atoms with Gasteiger partial charge in [-0.25, -0.2) is 0 Å². The number of hydrogen-bond donors (Lipinski definition) is 1. The van der Waals surface area contributed by atoms with Crippen molar-refractivity contribution in [1.82, 2.24) is 14.8 Å². The molecule has 6 heteroatoms. The molecule has 2 aliphatic rings. The highest BCUT2D eigenvalue weighted by Gasteiger charge is 2.56. The minimum atomic E-state index is -1.04. The van der Waals surface area contributed by atoms with Crippen LogP contribution < -0.4 is 0 Å². The van der Waals surface area contributed by atoms with Crippen molar-refractivity contribution in [2.75, 3.05) is 33.4 Å². The number of fused-ring (bicyclic) bond motifs is 5. The Kier molecular flexibility index (Phi) is 5.05. The number of amides is 2. The lowest BCUT2D eigenvalue weighted by Gasteiger charge is -2.51. The fourth-order valence-electron chi connectivity index (χ4n) is 5.35. The largest absolute Gasteiger partial charge is 0.385 e. The number of aromatic nitrogens is 1. The summed E-state index contributed by atoms with van der Waals surface area (Å²) in [6.45, 7) is 5.66. The molecule has 2 aromatic carbocycles. The molecule has 0 aliphatic carbocycles. The maximum Gasteiger partial charge on any atom is 0.254 e. The third-order valence-electron chi connectivity index (χ3n) is 7.07. The molecule has 3 aromatic rings. The standard InChI is InChI=1S/C26H29N3O3/c1-17-9-11-18(12-10-17)20-15-29-22(30)16-28(13-6-14-32-3)25(31)26(29,2)24-23(20)19-7-4-5-8-21(19)27-24/h4-5,7-12,20,27H,6,13-16H2,1-3H3/t20?,26-/m0/s1. The minimum absolute atomic E-state index is 0.00613. The van der Waals surface area contributed by atoms with Crippen LogP contribution in [-0.2, 0) is 19.9 Å². The number of nitrogens with one attached hydrogen (secondary N) is 1. The van der Waals surface area contributed by atoms with Crippen molar-refractivity contribution >= 4 is 22.7 Å². The average Bonchev–Trinajstić information content (AvgIpc) is 3.19. The lowest BCUT2D eigenvalue weighted by Crippen LogP contribution is -2.67. The number of aryl methyl sites for hydroxylation is 1. The number of para-hydroxylation sites is 1. The van der Waals surface area contributed by atoms with Gasteiger partial charge in [0, 0.05) is 43.6 Å². The van der Waals surface area contributed by atoms with E-state index in [0.717, 1.165) is 27.7 Å². The summed E-state index contributed by atoms with van der Waals surface area (Å²) >= 11 is 0. The molecule has 1 aromatic heterocycles. The summed E-state index contributed by atoms with van der Waals surface area (Å²) in [4.78, 5) is 34.2. The van der Waals surface area contributed by atoms with Gasteiger partial charge in [-0.15, -0.1) is 0 Å². The Bertz CT molecular complexity index is 1180. The van der Waals surface area contributed by atoms with Crippen molar-refractivity contribution < 1.29 is 14.3 Å². The number of aromatic amines is 1. The summed E-state index contributed by atoms with van der Waals surface area (Å²) in [5, 5.41) is 1.12. The molecule has 166 valence electrons. The van der Waals surface area contributed by atoms with E-state index < -0.39 is 5.54 Å². The maximum atomic E-state index is 13.8. The fraction of sp³-hybridized carbons (Fsp3) is 0.385. The molecule has 1 unspecified atom stereocenters. The van der Waals surface area contributed by atoms with E-state index in [-0.39, 0.29) is 24.3 Å². The first-order chi connectivity index (χ1) is 15.4. The zero-order valence-corrected chi connectivity index (χ0v) is 18.9. The Morgan fingerprint density at radius 1 is 1.12 bits per heavy atom. The first-order valence-corrected chi connectivity index (χ1v) is 11.2. The van der Waals surface area contributed by atoms with Gasteiger partial charge in [0.1, 0.15) is 0 Å². The predicted molar refractivity (Wildman–Crippen MR) is 123 cm³/mol. The third-order valence-corrected chi connectivity index (χ3v) is 7.07. The Balaban J connectivity index is 1.67. The van der Waals surface area contributed by atoms with Gasteiger partial charge < -0.3 is 19.5 Å². The Morgan fingerprint density at radius 2 is 1.88 bits per heavy atom. The molecule has 1 N–H and O–H groups in total. The Labute approximate surface area is 188 Å². The summed E-state index contributed by atoms with van der Waals surface area (Å²) < 4.78 is 5.15. The smallest absolute Gasteiger partial charge is 0.254 e. The van der Waals surface area contributed by atoms with Crippen LogP contribution in [0.25, 0.3) is 10.9 Å². The highest BCUT2D eigenvalue weighted by molar-refractivity contribution is 6.01. The van der Waals surface area contributed by atoms with Crippen molar-refractivity contribution in [3.05, 3.63) is 70.9 Å². The summed E-state index contributed by atoms with van der Waals surface area (Å²) in [6, 6.07) is 16.7. The molecule has 32 heavy (non-hydrogen) atoms. The van der Waals surface area contributed by atoms with Gasteiger partial charge in [-0.05, 0) is 37.5 Å². The molecule has 0 saturated carbocycles. The van der Waals surface area contributed by atoms with Crippen LogP contribution in [0.5, 0.6) is 0 Å². The van der Waals surface area contributed by atoms with Gasteiger partial charge in [0.25, 0.3) is 5.91 Å². The molecule has 6 nitrogen and oxygen atoms in total. The van der Waals surface area contributed by atoms with Crippen LogP contribution in [0, 0.1) is 6.92 Å². The quantitative estimate of drug-likeness (QED) is 0.629. The van der Waals surface area contributed by atoms with Gasteiger partial charge in [0.15, 0.2) is 5.54 Å². The molecule has 2 amide bonds. The van der Waals surface area contributed by atoms with Crippen LogP contribution in [0.15, 0.2) is 48.5 Å². The number of benzene rings is 2. The van der Waals surface area contributed by atoms with Gasteiger partial charge in [-0.1, -0.05) is 48.0 Å². The molecule has 2 aliphatic heterocycles. The van der Waals surface area contributed by atoms with Crippen molar-refractivity contribution in [2.24, 2.45) is 0 Å². The van der Waals surface area contributed by atoms with Crippen LogP contribution in [0.4, 0.5) is 0 Å². The summed E-state index contributed by atoms with van der Waals surface area (Å²) in [5.74, 6) is -0.0269. The molecule has 5 rings (SSSR count). The molecular weight excluding hydrogens is 402 g/mol. The molecular formula is C26H29N3O3. The predicted octanol–water partition coefficient (Wildman–Crippen LogP) is 3.54. The van der Waals surface area contributed by atoms with Crippen LogP contribution in [0.3, 0.4) is 0 Å². The monoisotopic (exact) mass is 431 g/mol. The zero-order chi connectivity index (χ0) is 22.5. The number of ether oxygens (including phenoxy) is 1. The van der Waals surface area contributed by atoms with Crippen molar-refractivity contribution in [3.8, 4) is 0 Å². The van der Waals surface area contributed by atoms with Crippen LogP contribution in [0.2, 0.25) is 0 Å². The van der Waals surface area contributed by atoms with Gasteiger partial charge in [-0.3, -0.25) is 9.59 Å². The van der Waals surface area contributed by atoms with E-state index >= 15 is 0 Å². The van der Waals surface area contributed by atoms with Crippen LogP contribution >= 0.6 is 0 Å². The van der Waals surface area contributed by atoms with Gasteiger partial charge in [0.2, 0.25) is 5.91 Å². The number of hydrogen-bond acceptors (Lipinski definition) is 3. The highest BCUT2D eigenvalue weighted by Crippen LogP contribution is 2.48. The van der Waals surface area contributed by atoms with Crippen molar-refractivity contribution in [3.63, 3.8) is 0 Å². The normalized spacial score (nSPS) is 22.9. The molecule has 2 atom stereocenters. The average molecular weight is 432 g/mol. The Morgan fingerprint density at radius 3 is 2.62 bits per heavy atom. The van der Waals surface area contributed by atoms with E-state index in [0.29, 0.717) is 26.1 Å². The van der Waals surface area contributed by atoms with E-state index in [4.69, 9.17) is 4.74 Å². The second-order valence-electron chi connectivity index (χ2n) is 9.07. The van der Waals surface area contributed by atoms with E-state index in [9.17, 15) is 9.59 Å². The van der Waals surface area contributed by atoms with Crippen molar-refractivity contribution in [1.29, 1.82) is 0 Å². The molecule has 0 bridgehead atoms. The Hall–Kier alpha value is -3.12. The topological polar surface area (TPSA) is 65.6 Å². The highest BCUT2D eigenvalue weighted by atomic mass is 16.5. The van der Waals surface area contributed by atoms with Crippen molar-refractivity contribution in [2.45, 2.75) is 31.7 Å². The molecule has 1 fully saturated rings. The van der Waals surface area contributed by atoms with Gasteiger partial charge in [-0.2, -0.15) is 0 Å². The first-order valence-electron chi connectivity index (χ1n) is 11.2. The summed E-state index contributed by atoms with van der Waals surface area (Å²) in [6.07, 6.45) is 0.706. The number of piperazine rings is 1. The van der Waals surface area contributed by atoms with E-state index in [2.05, 4.69) is 42.2 Å². The molecule has 3 heterocycles. The number of rotatable bonds is 5. The number of carbonyl (C=O) groups is 2. The van der Waals surface area contributed by atoms with Crippen LogP contribution in [-0.4, -0.2) is 59.9 Å². The second kappa shape index (κ2) is 7.78. The second-order valence-corrected chi connectivity index (χ2v) is 9.07. The third kappa shape index (κ3) is 3.05. The first kappa shape index (κ1) is 20.8. The van der Waals surface area contributed by atoms with E-state index in [1.807, 2.05) is 25.1 Å². The number of carbonyl (C=O) groups excluding carboxylic acids is 2. The fourth-order valence-corrected chi connectivity index (χ4v) is 5.35. The lowest BCUT2D eigenvalue weighted by molar-refractivity contribution is -0.166. The number of H-pyrrole nitrogens is 1. The lowest BCUT2D eigenvalue weighted by atomic mass is 9.76. The summed E-state index contributed by atoms with van der Waals surface area (Å²) in [7, 11) is 1.65. The van der Waals surface area contributed by atoms with E-state index in [1.165, 1.54) is 5.56 Å². The molecule has 0 spiro atoms. The number of methoxy groups -OCH3 is 1. The SMILES string of the molecule is COCCCN1CC(=O)N2CC(c3ccc(C)cc3)c3c([nH]c4ccccc34)[C@@]2(C)C1=O. The van der Waals surface area contributed by atoms with Crippen LogP contribution in [0.1, 0.15) is 41.6 Å². The molecule has 1 saturated heterocycles. The zero-order valence-electron chi connectivity index (χ0n) is 18.9. The number of nitrogens with zero attached hydrogens (tertiary/aromatic N) is 2. The molecule has 0 radical (unpaired) electrons. The summed E-state index contributed by atoms with van der Waals surface area (Å²) in [5.41, 5.74) is 4.27. The van der Waals surface area contributed by atoms with Gasteiger partial charge in [0.05, 0.1) is 12.2 Å².